The van der Waals surface area contributed by atoms with E-state index >= 15 is 0 Å². The van der Waals surface area contributed by atoms with Crippen LogP contribution in [0.15, 0.2) is 18.2 Å². The summed E-state index contributed by atoms with van der Waals surface area (Å²) in [5.41, 5.74) is 0.756. The highest BCUT2D eigenvalue weighted by Gasteiger charge is 1.95. The average molecular weight is 184 g/mol. The molecule has 0 N–H and O–H groups in total. The highest BCUT2D eigenvalue weighted by Crippen LogP contribution is 2.19. The minimum Gasteiger partial charge on any atom is -0.0968 e. The fourth-order valence-corrected chi connectivity index (χ4v) is 1.14. The zero-order valence-corrected chi connectivity index (χ0v) is 7.21. The van der Waals surface area contributed by atoms with Gasteiger partial charge in [0, 0.05) is 17.5 Å². The molecule has 0 saturated heterocycles. The number of hydrogen-bond donors (Lipinski definition) is 0. The molecule has 1 radical (unpaired) electrons. The van der Waals surface area contributed by atoms with Gasteiger partial charge in [-0.1, -0.05) is 35.0 Å². The minimum atomic E-state index is 0.564. The monoisotopic (exact) mass is 183 g/mol. The SMILES string of the molecule is [CH2]C#Cc1ccc(Cl)cc1Cl. The molecule has 0 nitrogen and oxygen atoms in total. The van der Waals surface area contributed by atoms with Gasteiger partial charge in [-0.25, -0.2) is 0 Å². The second-order valence-electron chi connectivity index (χ2n) is 1.93. The molecule has 0 fully saturated rings. The minimum absolute atomic E-state index is 0.564. The zero-order chi connectivity index (χ0) is 8.27. The average Bonchev–Trinajstić information content (AvgIpc) is 1.95. The van der Waals surface area contributed by atoms with Gasteiger partial charge in [0.15, 0.2) is 0 Å². The largest absolute Gasteiger partial charge is 0.0968 e. The van der Waals surface area contributed by atoms with Crippen molar-refractivity contribution in [2.45, 2.75) is 0 Å². The summed E-state index contributed by atoms with van der Waals surface area (Å²) >= 11 is 11.5. The maximum Gasteiger partial charge on any atom is 0.0577 e. The molecule has 0 saturated carbocycles. The first-order valence-corrected chi connectivity index (χ1v) is 3.73. The maximum absolute atomic E-state index is 5.79. The molecule has 0 heterocycles. The molecule has 55 valence electrons. The molecule has 1 rings (SSSR count). The quantitative estimate of drug-likeness (QED) is 0.543. The summed E-state index contributed by atoms with van der Waals surface area (Å²) in [6.45, 7) is 3.39. The van der Waals surface area contributed by atoms with Crippen molar-refractivity contribution in [3.05, 3.63) is 40.7 Å². The van der Waals surface area contributed by atoms with E-state index in [0.717, 1.165) is 5.56 Å². The first kappa shape index (κ1) is 8.46. The Morgan fingerprint density at radius 2 is 2.00 bits per heavy atom. The highest BCUT2D eigenvalue weighted by atomic mass is 35.5. The van der Waals surface area contributed by atoms with Gasteiger partial charge in [0.25, 0.3) is 0 Å². The van der Waals surface area contributed by atoms with Crippen LogP contribution in [0, 0.1) is 18.8 Å². The Balaban J connectivity index is 3.16. The summed E-state index contributed by atoms with van der Waals surface area (Å²) < 4.78 is 0. The molecule has 2 heteroatoms. The Morgan fingerprint density at radius 3 is 2.55 bits per heavy atom. The Bertz CT molecular complexity index is 318. The predicted molar refractivity (Wildman–Crippen MR) is 48.7 cm³/mol. The van der Waals surface area contributed by atoms with Crippen LogP contribution in [0.5, 0.6) is 0 Å². The number of halogens is 2. The summed E-state index contributed by atoms with van der Waals surface area (Å²) in [7, 11) is 0. The third-order valence-electron chi connectivity index (χ3n) is 1.15. The Morgan fingerprint density at radius 1 is 1.27 bits per heavy atom. The molecule has 0 atom stereocenters. The fraction of sp³-hybridized carbons (Fsp3) is 0. The summed E-state index contributed by atoms with van der Waals surface area (Å²) in [6, 6.07) is 5.17. The summed E-state index contributed by atoms with van der Waals surface area (Å²) in [6.07, 6.45) is 0. The van der Waals surface area contributed by atoms with Crippen LogP contribution in [-0.4, -0.2) is 0 Å². The van der Waals surface area contributed by atoms with E-state index in [-0.39, 0.29) is 0 Å². The Kier molecular flexibility index (Phi) is 2.82. The molecule has 0 aromatic heterocycles. The van der Waals surface area contributed by atoms with E-state index in [9.17, 15) is 0 Å². The van der Waals surface area contributed by atoms with Crippen LogP contribution in [0.2, 0.25) is 10.0 Å². The van der Waals surface area contributed by atoms with E-state index < -0.39 is 0 Å². The van der Waals surface area contributed by atoms with E-state index in [1.54, 1.807) is 18.2 Å². The highest BCUT2D eigenvalue weighted by molar-refractivity contribution is 6.35. The van der Waals surface area contributed by atoms with Crippen molar-refractivity contribution in [3.8, 4) is 11.8 Å². The zero-order valence-electron chi connectivity index (χ0n) is 5.70. The fourth-order valence-electron chi connectivity index (χ4n) is 0.686. The van der Waals surface area contributed by atoms with Gasteiger partial charge in [0.05, 0.1) is 5.02 Å². The lowest BCUT2D eigenvalue weighted by molar-refractivity contribution is 1.64. The van der Waals surface area contributed by atoms with E-state index in [1.807, 2.05) is 0 Å². The topological polar surface area (TPSA) is 0 Å². The van der Waals surface area contributed by atoms with Gasteiger partial charge in [-0.2, -0.15) is 0 Å². The molecule has 0 amide bonds. The molecule has 1 aromatic rings. The molecule has 0 aliphatic carbocycles. The van der Waals surface area contributed by atoms with Gasteiger partial charge < -0.3 is 0 Å². The van der Waals surface area contributed by atoms with Crippen LogP contribution in [0.4, 0.5) is 0 Å². The van der Waals surface area contributed by atoms with Crippen molar-refractivity contribution in [2.75, 3.05) is 0 Å². The molecule has 0 aliphatic heterocycles. The van der Waals surface area contributed by atoms with E-state index in [2.05, 4.69) is 18.8 Å². The molecule has 0 unspecified atom stereocenters. The third kappa shape index (κ3) is 2.15. The number of benzene rings is 1. The molecule has 0 bridgehead atoms. The van der Waals surface area contributed by atoms with Crippen LogP contribution in [0.1, 0.15) is 5.56 Å². The normalized spacial score (nSPS) is 8.64. The molecule has 0 spiro atoms. The second-order valence-corrected chi connectivity index (χ2v) is 2.77. The summed E-state index contributed by atoms with van der Waals surface area (Å²) in [4.78, 5) is 0. The second kappa shape index (κ2) is 3.67. The molecule has 0 aliphatic rings. The van der Waals surface area contributed by atoms with Gasteiger partial charge in [0.2, 0.25) is 0 Å². The predicted octanol–water partition coefficient (Wildman–Crippen LogP) is 3.18. The van der Waals surface area contributed by atoms with Crippen LogP contribution in [0.3, 0.4) is 0 Å². The molecular weight excluding hydrogens is 179 g/mol. The van der Waals surface area contributed by atoms with Gasteiger partial charge >= 0.3 is 0 Å². The van der Waals surface area contributed by atoms with E-state index in [0.29, 0.717) is 10.0 Å². The van der Waals surface area contributed by atoms with Crippen LogP contribution < -0.4 is 0 Å². The Labute approximate surface area is 76.1 Å². The van der Waals surface area contributed by atoms with E-state index in [1.165, 1.54) is 0 Å². The van der Waals surface area contributed by atoms with Crippen molar-refractivity contribution < 1.29 is 0 Å². The lowest BCUT2D eigenvalue weighted by Crippen LogP contribution is -1.75. The summed E-state index contributed by atoms with van der Waals surface area (Å²) in [5, 5.41) is 1.18. The lowest BCUT2D eigenvalue weighted by atomic mass is 10.2. The molecule has 11 heavy (non-hydrogen) atoms. The van der Waals surface area contributed by atoms with Crippen LogP contribution in [-0.2, 0) is 0 Å². The van der Waals surface area contributed by atoms with Crippen LogP contribution in [0.25, 0.3) is 0 Å². The first-order valence-electron chi connectivity index (χ1n) is 2.97. The molecule has 1 aromatic carbocycles. The van der Waals surface area contributed by atoms with Crippen LogP contribution >= 0.6 is 23.2 Å². The number of hydrogen-bond acceptors (Lipinski definition) is 0. The van der Waals surface area contributed by atoms with Crippen molar-refractivity contribution in [1.82, 2.24) is 0 Å². The Hall–Kier alpha value is -0.640. The van der Waals surface area contributed by atoms with E-state index in [4.69, 9.17) is 23.2 Å². The standard InChI is InChI=1S/C9H5Cl2/c1-2-3-7-4-5-8(10)6-9(7)11/h4-6H,1H2. The maximum atomic E-state index is 5.79. The lowest BCUT2D eigenvalue weighted by Gasteiger charge is -1.94. The third-order valence-corrected chi connectivity index (χ3v) is 1.70. The summed E-state index contributed by atoms with van der Waals surface area (Å²) in [5.74, 6) is 5.27. The first-order chi connectivity index (χ1) is 5.24. The van der Waals surface area contributed by atoms with Crippen molar-refractivity contribution in [3.63, 3.8) is 0 Å². The van der Waals surface area contributed by atoms with Gasteiger partial charge in [-0.15, -0.1) is 0 Å². The van der Waals surface area contributed by atoms with Crippen molar-refractivity contribution in [2.24, 2.45) is 0 Å². The van der Waals surface area contributed by atoms with Crippen molar-refractivity contribution >= 4 is 23.2 Å². The number of rotatable bonds is 0. The molecular formula is C9H5Cl2. The van der Waals surface area contributed by atoms with Gasteiger partial charge in [-0.3, -0.25) is 0 Å². The van der Waals surface area contributed by atoms with Gasteiger partial charge in [-0.05, 0) is 18.2 Å². The van der Waals surface area contributed by atoms with Gasteiger partial charge in [0.1, 0.15) is 0 Å². The van der Waals surface area contributed by atoms with Crippen molar-refractivity contribution in [1.29, 1.82) is 0 Å². The smallest absolute Gasteiger partial charge is 0.0577 e.